The van der Waals surface area contributed by atoms with Gasteiger partial charge < -0.3 is 15.7 Å². The van der Waals surface area contributed by atoms with Crippen LogP contribution >= 0.6 is 0 Å². The average Bonchev–Trinajstić information content (AvgIpc) is 2.49. The maximum absolute atomic E-state index is 11.6. The van der Waals surface area contributed by atoms with Gasteiger partial charge in [-0.25, -0.2) is 0 Å². The molecule has 0 aromatic carbocycles. The van der Waals surface area contributed by atoms with Crippen LogP contribution in [0.3, 0.4) is 0 Å². The van der Waals surface area contributed by atoms with Crippen LogP contribution in [0.25, 0.3) is 0 Å². The summed E-state index contributed by atoms with van der Waals surface area (Å²) in [6, 6.07) is 0. The molecule has 21 heavy (non-hydrogen) atoms. The summed E-state index contributed by atoms with van der Waals surface area (Å²) >= 11 is 0. The SMILES string of the molecule is CCCCCCCCCCCC(=O)NCCCNCCO. The average molecular weight is 300 g/mol. The third kappa shape index (κ3) is 17.3. The molecule has 0 saturated carbocycles. The zero-order valence-electron chi connectivity index (χ0n) is 14.0. The Morgan fingerprint density at radius 1 is 0.810 bits per heavy atom. The summed E-state index contributed by atoms with van der Waals surface area (Å²) in [5, 5.41) is 14.6. The minimum Gasteiger partial charge on any atom is -0.395 e. The number of nitrogens with one attached hydrogen (secondary N) is 2. The van der Waals surface area contributed by atoms with Crippen molar-refractivity contribution >= 4 is 5.91 Å². The zero-order valence-corrected chi connectivity index (χ0v) is 14.0. The van der Waals surface area contributed by atoms with Crippen LogP contribution in [-0.2, 0) is 4.79 Å². The summed E-state index contributed by atoms with van der Waals surface area (Å²) in [4.78, 5) is 11.6. The van der Waals surface area contributed by atoms with Crippen molar-refractivity contribution in [1.82, 2.24) is 10.6 Å². The van der Waals surface area contributed by atoms with Gasteiger partial charge in [0.2, 0.25) is 5.91 Å². The summed E-state index contributed by atoms with van der Waals surface area (Å²) in [6.07, 6.45) is 13.2. The van der Waals surface area contributed by atoms with Crippen LogP contribution in [0.15, 0.2) is 0 Å². The maximum Gasteiger partial charge on any atom is 0.219 e. The minimum atomic E-state index is 0.172. The molecular weight excluding hydrogens is 264 g/mol. The molecule has 0 bridgehead atoms. The summed E-state index contributed by atoms with van der Waals surface area (Å²) in [5.74, 6) is 0.181. The molecule has 0 fully saturated rings. The smallest absolute Gasteiger partial charge is 0.219 e. The fourth-order valence-electron chi connectivity index (χ4n) is 2.33. The number of carbonyl (C=O) groups excluding carboxylic acids is 1. The molecule has 0 aromatic heterocycles. The molecule has 0 aromatic rings. The predicted molar refractivity (Wildman–Crippen MR) is 89.4 cm³/mol. The Morgan fingerprint density at radius 2 is 1.43 bits per heavy atom. The summed E-state index contributed by atoms with van der Waals surface area (Å²) in [5.41, 5.74) is 0. The van der Waals surface area contributed by atoms with Gasteiger partial charge in [-0.1, -0.05) is 58.3 Å². The van der Waals surface area contributed by atoms with Crippen LogP contribution in [0.5, 0.6) is 0 Å². The summed E-state index contributed by atoms with van der Waals surface area (Å²) in [7, 11) is 0. The summed E-state index contributed by atoms with van der Waals surface area (Å²) < 4.78 is 0. The number of aliphatic hydroxyl groups excluding tert-OH is 1. The van der Waals surface area contributed by atoms with E-state index in [1.54, 1.807) is 0 Å². The van der Waals surface area contributed by atoms with E-state index in [9.17, 15) is 4.79 Å². The van der Waals surface area contributed by atoms with Crippen molar-refractivity contribution in [3.63, 3.8) is 0 Å². The van der Waals surface area contributed by atoms with E-state index in [-0.39, 0.29) is 12.5 Å². The summed E-state index contributed by atoms with van der Waals surface area (Å²) in [6.45, 7) is 4.63. The molecule has 4 heteroatoms. The highest BCUT2D eigenvalue weighted by molar-refractivity contribution is 5.75. The molecule has 0 spiro atoms. The fraction of sp³-hybridized carbons (Fsp3) is 0.941. The molecule has 0 saturated heterocycles. The van der Waals surface area contributed by atoms with Crippen molar-refractivity contribution < 1.29 is 9.90 Å². The molecule has 126 valence electrons. The van der Waals surface area contributed by atoms with Gasteiger partial charge in [0.15, 0.2) is 0 Å². The Balaban J connectivity index is 3.12. The quantitative estimate of drug-likeness (QED) is 0.384. The molecule has 1 amide bonds. The first kappa shape index (κ1) is 20.4. The van der Waals surface area contributed by atoms with Crippen LogP contribution in [0.4, 0.5) is 0 Å². The highest BCUT2D eigenvalue weighted by atomic mass is 16.3. The topological polar surface area (TPSA) is 61.4 Å². The number of hydrogen-bond acceptors (Lipinski definition) is 3. The zero-order chi connectivity index (χ0) is 15.6. The molecule has 4 nitrogen and oxygen atoms in total. The van der Waals surface area contributed by atoms with Gasteiger partial charge in [-0.15, -0.1) is 0 Å². The second-order valence-corrected chi connectivity index (χ2v) is 5.76. The first-order valence-electron chi connectivity index (χ1n) is 8.89. The Kier molecular flexibility index (Phi) is 16.9. The van der Waals surface area contributed by atoms with Crippen molar-refractivity contribution in [2.75, 3.05) is 26.2 Å². The van der Waals surface area contributed by atoms with Crippen LogP contribution in [0, 0.1) is 0 Å². The minimum absolute atomic E-state index is 0.172. The van der Waals surface area contributed by atoms with E-state index < -0.39 is 0 Å². The molecule has 0 aliphatic rings. The van der Waals surface area contributed by atoms with Crippen LogP contribution in [0.1, 0.15) is 77.6 Å². The lowest BCUT2D eigenvalue weighted by Crippen LogP contribution is -2.27. The van der Waals surface area contributed by atoms with Crippen molar-refractivity contribution in [3.05, 3.63) is 0 Å². The van der Waals surface area contributed by atoms with Gasteiger partial charge in [0.05, 0.1) is 6.61 Å². The number of carbonyl (C=O) groups is 1. The Hall–Kier alpha value is -0.610. The van der Waals surface area contributed by atoms with Gasteiger partial charge in [-0.05, 0) is 19.4 Å². The third-order valence-corrected chi connectivity index (χ3v) is 3.65. The third-order valence-electron chi connectivity index (χ3n) is 3.65. The number of amides is 1. The highest BCUT2D eigenvalue weighted by Crippen LogP contribution is 2.10. The first-order chi connectivity index (χ1) is 10.3. The maximum atomic E-state index is 11.6. The van der Waals surface area contributed by atoms with Crippen molar-refractivity contribution in [1.29, 1.82) is 0 Å². The Labute approximate surface area is 131 Å². The molecule has 0 aliphatic carbocycles. The lowest BCUT2D eigenvalue weighted by Gasteiger charge is -2.06. The lowest BCUT2D eigenvalue weighted by atomic mass is 10.1. The molecule has 0 radical (unpaired) electrons. The molecule has 3 N–H and O–H groups in total. The fourth-order valence-corrected chi connectivity index (χ4v) is 2.33. The number of aliphatic hydroxyl groups is 1. The Morgan fingerprint density at radius 3 is 2.05 bits per heavy atom. The van der Waals surface area contributed by atoms with E-state index in [0.29, 0.717) is 13.0 Å². The van der Waals surface area contributed by atoms with Crippen molar-refractivity contribution in [3.8, 4) is 0 Å². The number of rotatable bonds is 16. The molecule has 0 heterocycles. The van der Waals surface area contributed by atoms with Gasteiger partial charge >= 0.3 is 0 Å². The molecule has 0 aliphatic heterocycles. The standard InChI is InChI=1S/C17H36N2O2/c1-2-3-4-5-6-7-8-9-10-12-17(21)19-14-11-13-18-15-16-20/h18,20H,2-16H2,1H3,(H,19,21). The van der Waals surface area contributed by atoms with Crippen LogP contribution in [-0.4, -0.2) is 37.3 Å². The van der Waals surface area contributed by atoms with Crippen LogP contribution < -0.4 is 10.6 Å². The predicted octanol–water partition coefficient (Wildman–Crippen LogP) is 3.00. The van der Waals surface area contributed by atoms with E-state index in [2.05, 4.69) is 17.6 Å². The van der Waals surface area contributed by atoms with E-state index >= 15 is 0 Å². The monoisotopic (exact) mass is 300 g/mol. The second-order valence-electron chi connectivity index (χ2n) is 5.76. The largest absolute Gasteiger partial charge is 0.395 e. The van der Waals surface area contributed by atoms with E-state index in [1.165, 1.54) is 51.4 Å². The lowest BCUT2D eigenvalue weighted by molar-refractivity contribution is -0.121. The van der Waals surface area contributed by atoms with E-state index in [4.69, 9.17) is 5.11 Å². The normalized spacial score (nSPS) is 10.8. The first-order valence-corrected chi connectivity index (χ1v) is 8.89. The van der Waals surface area contributed by atoms with E-state index in [0.717, 1.165) is 25.9 Å². The number of unbranched alkanes of at least 4 members (excludes halogenated alkanes) is 8. The highest BCUT2D eigenvalue weighted by Gasteiger charge is 2.00. The molecule has 0 rings (SSSR count). The number of hydrogen-bond donors (Lipinski definition) is 3. The molecular formula is C17H36N2O2. The van der Waals surface area contributed by atoms with Crippen LogP contribution in [0.2, 0.25) is 0 Å². The second kappa shape index (κ2) is 17.4. The molecule has 0 unspecified atom stereocenters. The van der Waals surface area contributed by atoms with Crippen molar-refractivity contribution in [2.24, 2.45) is 0 Å². The van der Waals surface area contributed by atoms with Gasteiger partial charge in [0, 0.05) is 19.5 Å². The Bertz CT molecular complexity index is 223. The molecule has 0 atom stereocenters. The van der Waals surface area contributed by atoms with Gasteiger partial charge in [0.1, 0.15) is 0 Å². The van der Waals surface area contributed by atoms with Gasteiger partial charge in [-0.3, -0.25) is 4.79 Å². The van der Waals surface area contributed by atoms with Gasteiger partial charge in [0.25, 0.3) is 0 Å². The van der Waals surface area contributed by atoms with Crippen molar-refractivity contribution in [2.45, 2.75) is 77.6 Å². The van der Waals surface area contributed by atoms with Gasteiger partial charge in [-0.2, -0.15) is 0 Å². The van der Waals surface area contributed by atoms with E-state index in [1.807, 2.05) is 0 Å².